The number of carbonyl (C=O) groups excluding carboxylic acids is 1. The summed E-state index contributed by atoms with van der Waals surface area (Å²) in [5.41, 5.74) is 0. The largest absolute Gasteiger partial charge is 0.294 e. The fourth-order valence-corrected chi connectivity index (χ4v) is 1.80. The molecule has 1 aromatic rings. The third kappa shape index (κ3) is 4.89. The lowest BCUT2D eigenvalue weighted by Crippen LogP contribution is -2.19. The number of aromatic nitrogens is 3. The molecule has 0 aliphatic heterocycles. The number of hydrogen-bond acceptors (Lipinski definition) is 5. The van der Waals surface area contributed by atoms with Gasteiger partial charge in [0.2, 0.25) is 17.0 Å². The zero-order chi connectivity index (χ0) is 12.2. The number of hydrogen-bond donors (Lipinski definition) is 2. The molecule has 0 radical (unpaired) electrons. The smallest absolute Gasteiger partial charge is 0.236 e. The summed E-state index contributed by atoms with van der Waals surface area (Å²) >= 11 is 3.02. The van der Waals surface area contributed by atoms with Gasteiger partial charge in [0.1, 0.15) is 0 Å². The van der Waals surface area contributed by atoms with Crippen molar-refractivity contribution in [1.82, 2.24) is 15.2 Å². The lowest BCUT2D eigenvalue weighted by atomic mass is 10.3. The molecule has 7 heteroatoms. The third-order valence-corrected chi connectivity index (χ3v) is 3.36. The third-order valence-electron chi connectivity index (χ3n) is 1.54. The Morgan fingerprint density at radius 3 is 2.69 bits per heavy atom. The average molecular weight is 260 g/mol. The second-order valence-corrected chi connectivity index (χ2v) is 6.70. The highest BCUT2D eigenvalue weighted by Gasteiger charge is 2.14. The van der Waals surface area contributed by atoms with E-state index in [1.807, 2.05) is 6.26 Å². The van der Waals surface area contributed by atoms with Gasteiger partial charge < -0.3 is 0 Å². The molecule has 90 valence electrons. The van der Waals surface area contributed by atoms with E-state index >= 15 is 0 Å². The molecule has 0 bridgehead atoms. The van der Waals surface area contributed by atoms with E-state index in [0.717, 1.165) is 0 Å². The maximum absolute atomic E-state index is 11.5. The average Bonchev–Trinajstić information content (AvgIpc) is 2.61. The maximum Gasteiger partial charge on any atom is 0.236 e. The number of H-pyrrole nitrogens is 1. The van der Waals surface area contributed by atoms with Crippen LogP contribution in [-0.4, -0.2) is 37.8 Å². The molecule has 0 spiro atoms. The van der Waals surface area contributed by atoms with Crippen LogP contribution in [0.5, 0.6) is 0 Å². The monoisotopic (exact) mass is 260 g/mol. The number of carbonyl (C=O) groups is 1. The Morgan fingerprint density at radius 1 is 1.50 bits per heavy atom. The minimum atomic E-state index is -0.0660. The van der Waals surface area contributed by atoms with Gasteiger partial charge in [-0.2, -0.15) is 4.98 Å². The summed E-state index contributed by atoms with van der Waals surface area (Å²) in [6.45, 7) is 6.22. The molecule has 1 rings (SSSR count). The highest BCUT2D eigenvalue weighted by atomic mass is 32.2. The van der Waals surface area contributed by atoms with Gasteiger partial charge in [0, 0.05) is 4.75 Å². The molecule has 0 fully saturated rings. The van der Waals surface area contributed by atoms with E-state index in [9.17, 15) is 4.79 Å². The number of anilines is 1. The zero-order valence-electron chi connectivity index (χ0n) is 9.83. The molecule has 16 heavy (non-hydrogen) atoms. The Bertz CT molecular complexity index is 359. The van der Waals surface area contributed by atoms with Gasteiger partial charge in [0.05, 0.1) is 5.75 Å². The Hall–Kier alpha value is -0.690. The standard InChI is InChI=1S/C9H16N4OS2/c1-9(2,3)16-5-6(14)10-7-11-8(15-4)13-12-7/h5H2,1-4H3,(H2,10,11,12,13,14). The maximum atomic E-state index is 11.5. The molecule has 1 heterocycles. The Labute approximate surface area is 104 Å². The van der Waals surface area contributed by atoms with E-state index in [1.54, 1.807) is 11.8 Å². The van der Waals surface area contributed by atoms with Gasteiger partial charge in [-0.1, -0.05) is 32.5 Å². The van der Waals surface area contributed by atoms with Crippen molar-refractivity contribution >= 4 is 35.4 Å². The molecule has 0 saturated carbocycles. The van der Waals surface area contributed by atoms with Crippen LogP contribution in [-0.2, 0) is 4.79 Å². The first-order valence-corrected chi connectivity index (χ1v) is 7.02. The lowest BCUT2D eigenvalue weighted by molar-refractivity contribution is -0.113. The molecule has 0 aromatic carbocycles. The summed E-state index contributed by atoms with van der Waals surface area (Å²) in [5, 5.41) is 9.85. The Morgan fingerprint density at radius 2 is 2.19 bits per heavy atom. The fraction of sp³-hybridized carbons (Fsp3) is 0.667. The van der Waals surface area contributed by atoms with Gasteiger partial charge in [0.25, 0.3) is 0 Å². The zero-order valence-corrected chi connectivity index (χ0v) is 11.5. The lowest BCUT2D eigenvalue weighted by Gasteiger charge is -2.16. The van der Waals surface area contributed by atoms with Crippen LogP contribution in [0.15, 0.2) is 5.16 Å². The van der Waals surface area contributed by atoms with Crippen LogP contribution in [0.4, 0.5) is 5.95 Å². The summed E-state index contributed by atoms with van der Waals surface area (Å²) in [4.78, 5) is 15.6. The van der Waals surface area contributed by atoms with E-state index in [2.05, 4.69) is 41.3 Å². The van der Waals surface area contributed by atoms with Gasteiger partial charge in [-0.3, -0.25) is 10.1 Å². The highest BCUT2D eigenvalue weighted by Crippen LogP contribution is 2.22. The van der Waals surface area contributed by atoms with Crippen molar-refractivity contribution in [1.29, 1.82) is 0 Å². The number of nitrogens with zero attached hydrogens (tertiary/aromatic N) is 2. The minimum absolute atomic E-state index is 0.0660. The molecule has 0 aliphatic rings. The molecule has 2 N–H and O–H groups in total. The highest BCUT2D eigenvalue weighted by molar-refractivity contribution is 8.01. The summed E-state index contributed by atoms with van der Waals surface area (Å²) in [7, 11) is 0. The van der Waals surface area contributed by atoms with E-state index in [0.29, 0.717) is 16.9 Å². The molecule has 1 amide bonds. The van der Waals surface area contributed by atoms with E-state index in [1.165, 1.54) is 11.8 Å². The minimum Gasteiger partial charge on any atom is -0.294 e. The molecular weight excluding hydrogens is 244 g/mol. The second-order valence-electron chi connectivity index (χ2n) is 4.12. The van der Waals surface area contributed by atoms with Crippen LogP contribution in [0.3, 0.4) is 0 Å². The van der Waals surface area contributed by atoms with Crippen LogP contribution >= 0.6 is 23.5 Å². The van der Waals surface area contributed by atoms with Gasteiger partial charge >= 0.3 is 0 Å². The van der Waals surface area contributed by atoms with Gasteiger partial charge in [-0.25, -0.2) is 5.10 Å². The molecule has 0 unspecified atom stereocenters. The number of aromatic amines is 1. The molecule has 0 aliphatic carbocycles. The predicted octanol–water partition coefficient (Wildman–Crippen LogP) is 2.00. The summed E-state index contributed by atoms with van der Waals surface area (Å²) in [6.07, 6.45) is 1.88. The quantitative estimate of drug-likeness (QED) is 0.810. The van der Waals surface area contributed by atoms with Gasteiger partial charge in [-0.05, 0) is 6.26 Å². The Balaban J connectivity index is 2.40. The van der Waals surface area contributed by atoms with Crippen LogP contribution < -0.4 is 5.32 Å². The van der Waals surface area contributed by atoms with Crippen molar-refractivity contribution in [3.05, 3.63) is 0 Å². The molecule has 5 nitrogen and oxygen atoms in total. The number of rotatable bonds is 4. The van der Waals surface area contributed by atoms with Crippen LogP contribution in [0.25, 0.3) is 0 Å². The summed E-state index contributed by atoms with van der Waals surface area (Å²) in [6, 6.07) is 0. The number of amides is 1. The molecular formula is C9H16N4OS2. The number of nitrogens with one attached hydrogen (secondary N) is 2. The number of thioether (sulfide) groups is 2. The second kappa shape index (κ2) is 5.58. The van der Waals surface area contributed by atoms with Crippen molar-refractivity contribution in [2.45, 2.75) is 30.7 Å². The predicted molar refractivity (Wildman–Crippen MR) is 69.0 cm³/mol. The first kappa shape index (κ1) is 13.4. The van der Waals surface area contributed by atoms with Crippen LogP contribution in [0.1, 0.15) is 20.8 Å². The van der Waals surface area contributed by atoms with Crippen molar-refractivity contribution < 1.29 is 4.79 Å². The van der Waals surface area contributed by atoms with E-state index < -0.39 is 0 Å². The van der Waals surface area contributed by atoms with Crippen molar-refractivity contribution in [3.63, 3.8) is 0 Å². The van der Waals surface area contributed by atoms with Gasteiger partial charge in [-0.15, -0.1) is 16.9 Å². The van der Waals surface area contributed by atoms with Crippen molar-refractivity contribution in [3.8, 4) is 0 Å². The fourth-order valence-electron chi connectivity index (χ4n) is 0.844. The molecule has 1 aromatic heterocycles. The SMILES string of the molecule is CSc1n[nH]c(NC(=O)CSC(C)(C)C)n1. The molecule has 0 saturated heterocycles. The van der Waals surface area contributed by atoms with Crippen molar-refractivity contribution in [2.75, 3.05) is 17.3 Å². The van der Waals surface area contributed by atoms with E-state index in [4.69, 9.17) is 0 Å². The van der Waals surface area contributed by atoms with E-state index in [-0.39, 0.29) is 10.7 Å². The first-order chi connectivity index (χ1) is 7.40. The first-order valence-electron chi connectivity index (χ1n) is 4.81. The Kier molecular flexibility index (Phi) is 4.67. The molecule has 0 atom stereocenters. The topological polar surface area (TPSA) is 70.7 Å². The van der Waals surface area contributed by atoms with Crippen LogP contribution in [0.2, 0.25) is 0 Å². The van der Waals surface area contributed by atoms with Gasteiger partial charge in [0.15, 0.2) is 0 Å². The summed E-state index contributed by atoms with van der Waals surface area (Å²) in [5.74, 6) is 0.756. The van der Waals surface area contributed by atoms with Crippen LogP contribution in [0, 0.1) is 0 Å². The summed E-state index contributed by atoms with van der Waals surface area (Å²) < 4.78 is 0.0865. The normalized spacial score (nSPS) is 11.5. The van der Waals surface area contributed by atoms with Crippen molar-refractivity contribution in [2.24, 2.45) is 0 Å².